The standard InChI is InChI=1S/C17H16Cl2FN3O3S/c1-23-16(17(24)21-12-6-7-14(20)13(19)8-12)9-15(22-27(23,25)26)10-2-4-11(18)5-3-10/h2-8,15-16,22H,9H2,1H3,(H,21,24)/t15-,16+/m1/s1. The third kappa shape index (κ3) is 4.41. The molecule has 2 N–H and O–H groups in total. The van der Waals surface area contributed by atoms with E-state index < -0.39 is 34.0 Å². The monoisotopic (exact) mass is 431 g/mol. The molecule has 0 aromatic heterocycles. The average molecular weight is 432 g/mol. The Hall–Kier alpha value is -1.71. The summed E-state index contributed by atoms with van der Waals surface area (Å²) in [5, 5.41) is 2.97. The van der Waals surface area contributed by atoms with Crippen molar-refractivity contribution in [3.05, 3.63) is 63.9 Å². The van der Waals surface area contributed by atoms with Gasteiger partial charge in [-0.1, -0.05) is 35.3 Å². The van der Waals surface area contributed by atoms with Crippen molar-refractivity contribution in [3.8, 4) is 0 Å². The molecule has 6 nitrogen and oxygen atoms in total. The second-order valence-corrected chi connectivity index (χ2v) is 8.72. The maximum Gasteiger partial charge on any atom is 0.280 e. The molecule has 2 atom stereocenters. The van der Waals surface area contributed by atoms with Crippen LogP contribution < -0.4 is 10.0 Å². The van der Waals surface area contributed by atoms with E-state index in [9.17, 15) is 17.6 Å². The first kappa shape index (κ1) is 20.0. The Labute approximate surface area is 166 Å². The normalized spacial score (nSPS) is 22.4. The number of nitrogens with one attached hydrogen (secondary N) is 2. The summed E-state index contributed by atoms with van der Waals surface area (Å²) in [7, 11) is -2.55. The molecule has 1 fully saturated rings. The molecule has 0 radical (unpaired) electrons. The van der Waals surface area contributed by atoms with Gasteiger partial charge in [0.2, 0.25) is 5.91 Å². The number of anilines is 1. The number of rotatable bonds is 3. The largest absolute Gasteiger partial charge is 0.325 e. The lowest BCUT2D eigenvalue weighted by molar-refractivity contribution is -0.120. The molecule has 10 heteroatoms. The van der Waals surface area contributed by atoms with Crippen molar-refractivity contribution in [2.45, 2.75) is 18.5 Å². The molecule has 2 aromatic rings. The molecule has 3 rings (SSSR count). The first-order valence-electron chi connectivity index (χ1n) is 7.94. The van der Waals surface area contributed by atoms with Crippen LogP contribution in [-0.4, -0.2) is 31.7 Å². The summed E-state index contributed by atoms with van der Waals surface area (Å²) in [5.74, 6) is -1.15. The molecular weight excluding hydrogens is 416 g/mol. The number of amides is 1. The number of carbonyl (C=O) groups is 1. The van der Waals surface area contributed by atoms with Gasteiger partial charge in [0, 0.05) is 23.8 Å². The molecule has 2 aromatic carbocycles. The molecule has 27 heavy (non-hydrogen) atoms. The Morgan fingerprint density at radius 3 is 2.52 bits per heavy atom. The predicted octanol–water partition coefficient (Wildman–Crippen LogP) is 3.35. The predicted molar refractivity (Wildman–Crippen MR) is 102 cm³/mol. The quantitative estimate of drug-likeness (QED) is 0.781. The second-order valence-electron chi connectivity index (χ2n) is 6.11. The number of halogens is 3. The van der Waals surface area contributed by atoms with Gasteiger partial charge in [0.25, 0.3) is 10.2 Å². The molecule has 0 bridgehead atoms. The molecular formula is C17H16Cl2FN3O3S. The van der Waals surface area contributed by atoms with E-state index >= 15 is 0 Å². The average Bonchev–Trinajstić information content (AvgIpc) is 2.61. The van der Waals surface area contributed by atoms with Crippen LogP contribution in [0.4, 0.5) is 10.1 Å². The second kappa shape index (κ2) is 7.73. The smallest absolute Gasteiger partial charge is 0.280 e. The number of hydrogen-bond acceptors (Lipinski definition) is 3. The maximum atomic E-state index is 13.3. The van der Waals surface area contributed by atoms with Crippen LogP contribution in [0.3, 0.4) is 0 Å². The molecule has 1 aliphatic heterocycles. The van der Waals surface area contributed by atoms with Crippen molar-refractivity contribution in [3.63, 3.8) is 0 Å². The van der Waals surface area contributed by atoms with Crippen molar-refractivity contribution in [2.75, 3.05) is 12.4 Å². The van der Waals surface area contributed by atoms with Gasteiger partial charge in [-0.25, -0.2) is 4.39 Å². The third-order valence-electron chi connectivity index (χ3n) is 4.33. The minimum absolute atomic E-state index is 0.141. The fraction of sp³-hybridized carbons (Fsp3) is 0.235. The summed E-state index contributed by atoms with van der Waals surface area (Å²) in [5.41, 5.74) is 0.970. The molecule has 1 heterocycles. The zero-order chi connectivity index (χ0) is 19.8. The highest BCUT2D eigenvalue weighted by atomic mass is 35.5. The van der Waals surface area contributed by atoms with Crippen LogP contribution in [0.15, 0.2) is 42.5 Å². The van der Waals surface area contributed by atoms with Gasteiger partial charge < -0.3 is 5.32 Å². The fourth-order valence-corrected chi connectivity index (χ4v) is 4.40. The van der Waals surface area contributed by atoms with Gasteiger partial charge in [-0.15, -0.1) is 0 Å². The molecule has 144 valence electrons. The molecule has 0 spiro atoms. The van der Waals surface area contributed by atoms with Crippen molar-refractivity contribution in [1.82, 2.24) is 9.03 Å². The zero-order valence-corrected chi connectivity index (χ0v) is 16.4. The van der Waals surface area contributed by atoms with E-state index in [1.165, 1.54) is 19.2 Å². The molecule has 0 unspecified atom stereocenters. The van der Waals surface area contributed by atoms with Crippen LogP contribution in [0.1, 0.15) is 18.0 Å². The summed E-state index contributed by atoms with van der Waals surface area (Å²) in [6.45, 7) is 0. The van der Waals surface area contributed by atoms with E-state index in [2.05, 4.69) is 10.0 Å². The van der Waals surface area contributed by atoms with Crippen molar-refractivity contribution < 1.29 is 17.6 Å². The van der Waals surface area contributed by atoms with Gasteiger partial charge in [-0.3, -0.25) is 4.79 Å². The molecule has 1 saturated heterocycles. The zero-order valence-electron chi connectivity index (χ0n) is 14.1. The van der Waals surface area contributed by atoms with Crippen LogP contribution in [0.25, 0.3) is 0 Å². The minimum atomic E-state index is -3.87. The fourth-order valence-electron chi connectivity index (χ4n) is 2.82. The highest BCUT2D eigenvalue weighted by Crippen LogP contribution is 2.29. The van der Waals surface area contributed by atoms with Gasteiger partial charge in [-0.2, -0.15) is 17.4 Å². The van der Waals surface area contributed by atoms with E-state index in [0.717, 1.165) is 10.4 Å². The lowest BCUT2D eigenvalue weighted by Crippen LogP contribution is -2.55. The highest BCUT2D eigenvalue weighted by Gasteiger charge is 2.40. The van der Waals surface area contributed by atoms with Gasteiger partial charge in [0.05, 0.1) is 5.02 Å². The van der Waals surface area contributed by atoms with Gasteiger partial charge in [0.1, 0.15) is 11.9 Å². The van der Waals surface area contributed by atoms with Gasteiger partial charge in [0.15, 0.2) is 0 Å². The number of carbonyl (C=O) groups excluding carboxylic acids is 1. The number of hydrogen-bond donors (Lipinski definition) is 2. The summed E-state index contributed by atoms with van der Waals surface area (Å²) in [6, 6.07) is 8.91. The van der Waals surface area contributed by atoms with Crippen LogP contribution in [0.2, 0.25) is 10.0 Å². The Kier molecular flexibility index (Phi) is 5.73. The van der Waals surface area contributed by atoms with E-state index in [1.807, 2.05) is 0 Å². The lowest BCUT2D eigenvalue weighted by Gasteiger charge is -2.36. The molecule has 0 aliphatic carbocycles. The summed E-state index contributed by atoms with van der Waals surface area (Å²) < 4.78 is 41.7. The summed E-state index contributed by atoms with van der Waals surface area (Å²) in [6.07, 6.45) is 0.206. The third-order valence-corrected chi connectivity index (χ3v) is 6.47. The SMILES string of the molecule is CN1[C@H](C(=O)Nc2ccc(F)c(Cl)c2)C[C@H](c2ccc(Cl)cc2)NS1(=O)=O. The van der Waals surface area contributed by atoms with E-state index in [4.69, 9.17) is 23.2 Å². The van der Waals surface area contributed by atoms with Gasteiger partial charge in [-0.05, 0) is 42.3 Å². The van der Waals surface area contributed by atoms with E-state index in [-0.39, 0.29) is 17.1 Å². The number of benzene rings is 2. The Morgan fingerprint density at radius 1 is 1.22 bits per heavy atom. The molecule has 1 amide bonds. The number of nitrogens with zero attached hydrogens (tertiary/aromatic N) is 1. The lowest BCUT2D eigenvalue weighted by atomic mass is 9.99. The summed E-state index contributed by atoms with van der Waals surface area (Å²) >= 11 is 11.6. The topological polar surface area (TPSA) is 78.5 Å². The van der Waals surface area contributed by atoms with Crippen LogP contribution in [0, 0.1) is 5.82 Å². The maximum absolute atomic E-state index is 13.3. The Bertz CT molecular complexity index is 970. The first-order chi connectivity index (χ1) is 12.7. The highest BCUT2D eigenvalue weighted by molar-refractivity contribution is 7.87. The Morgan fingerprint density at radius 2 is 1.89 bits per heavy atom. The summed E-state index contributed by atoms with van der Waals surface area (Å²) in [4.78, 5) is 12.7. The first-order valence-corrected chi connectivity index (χ1v) is 10.1. The van der Waals surface area contributed by atoms with Crippen LogP contribution in [0.5, 0.6) is 0 Å². The van der Waals surface area contributed by atoms with E-state index in [1.54, 1.807) is 24.3 Å². The van der Waals surface area contributed by atoms with Gasteiger partial charge >= 0.3 is 0 Å². The molecule has 1 aliphatic rings. The van der Waals surface area contributed by atoms with Crippen LogP contribution >= 0.6 is 23.2 Å². The van der Waals surface area contributed by atoms with Crippen LogP contribution in [-0.2, 0) is 15.0 Å². The molecule has 0 saturated carbocycles. The minimum Gasteiger partial charge on any atom is -0.325 e. The van der Waals surface area contributed by atoms with Crippen molar-refractivity contribution >= 4 is 45.0 Å². The van der Waals surface area contributed by atoms with E-state index in [0.29, 0.717) is 10.6 Å². The Balaban J connectivity index is 1.84. The van der Waals surface area contributed by atoms with Crippen molar-refractivity contribution in [2.24, 2.45) is 0 Å². The van der Waals surface area contributed by atoms with Crippen molar-refractivity contribution in [1.29, 1.82) is 0 Å². The number of likely N-dealkylation sites (N-methyl/N-ethyl adjacent to an activating group) is 1.